The number of aromatic nitrogens is 1. The molecule has 1 aliphatic rings. The lowest BCUT2D eigenvalue weighted by atomic mass is 10.0. The van der Waals surface area contributed by atoms with Crippen LogP contribution in [0.3, 0.4) is 0 Å². The highest BCUT2D eigenvalue weighted by Gasteiger charge is 2.26. The smallest absolute Gasteiger partial charge is 0.128 e. The van der Waals surface area contributed by atoms with Crippen LogP contribution >= 0.6 is 11.6 Å². The van der Waals surface area contributed by atoms with E-state index >= 15 is 0 Å². The zero-order chi connectivity index (χ0) is 10.8. The molecule has 0 aromatic carbocycles. The normalized spacial score (nSPS) is 25.9. The van der Waals surface area contributed by atoms with Crippen LogP contribution in [-0.4, -0.2) is 18.1 Å². The molecule has 1 aromatic rings. The fourth-order valence-corrected chi connectivity index (χ4v) is 2.18. The minimum absolute atomic E-state index is 0.493. The van der Waals surface area contributed by atoms with E-state index in [2.05, 4.69) is 29.8 Å². The summed E-state index contributed by atoms with van der Waals surface area (Å²) < 4.78 is 0. The van der Waals surface area contributed by atoms with Crippen molar-refractivity contribution in [1.82, 2.24) is 4.98 Å². The predicted molar refractivity (Wildman–Crippen MR) is 64.3 cm³/mol. The third kappa shape index (κ3) is 2.25. The van der Waals surface area contributed by atoms with Crippen LogP contribution in [0.15, 0.2) is 18.2 Å². The van der Waals surface area contributed by atoms with Gasteiger partial charge in [-0.3, -0.25) is 0 Å². The molecule has 3 heteroatoms. The van der Waals surface area contributed by atoms with Gasteiger partial charge in [-0.25, -0.2) is 4.98 Å². The van der Waals surface area contributed by atoms with Gasteiger partial charge in [0.25, 0.3) is 0 Å². The monoisotopic (exact) mass is 224 g/mol. The molecule has 1 saturated heterocycles. The summed E-state index contributed by atoms with van der Waals surface area (Å²) >= 11 is 5.78. The van der Waals surface area contributed by atoms with E-state index in [9.17, 15) is 0 Å². The van der Waals surface area contributed by atoms with Gasteiger partial charge in [-0.05, 0) is 24.0 Å². The van der Waals surface area contributed by atoms with Crippen LogP contribution in [-0.2, 0) is 5.88 Å². The Morgan fingerprint density at radius 1 is 1.33 bits per heavy atom. The highest BCUT2D eigenvalue weighted by atomic mass is 35.5. The third-order valence-electron chi connectivity index (χ3n) is 3.24. The first-order valence-electron chi connectivity index (χ1n) is 5.47. The van der Waals surface area contributed by atoms with Crippen molar-refractivity contribution in [2.75, 3.05) is 18.0 Å². The van der Waals surface area contributed by atoms with Gasteiger partial charge in [-0.15, -0.1) is 11.6 Å². The van der Waals surface area contributed by atoms with Gasteiger partial charge in [0.2, 0.25) is 0 Å². The van der Waals surface area contributed by atoms with Crippen LogP contribution in [0.25, 0.3) is 0 Å². The first-order valence-corrected chi connectivity index (χ1v) is 6.01. The van der Waals surface area contributed by atoms with Crippen LogP contribution < -0.4 is 4.90 Å². The van der Waals surface area contributed by atoms with Crippen LogP contribution in [0.5, 0.6) is 0 Å². The molecule has 0 spiro atoms. The lowest BCUT2D eigenvalue weighted by Crippen LogP contribution is -2.20. The molecular formula is C12H17ClN2. The van der Waals surface area contributed by atoms with E-state index in [1.807, 2.05) is 12.1 Å². The molecule has 2 nitrogen and oxygen atoms in total. The van der Waals surface area contributed by atoms with E-state index in [-0.39, 0.29) is 0 Å². The fraction of sp³-hybridized carbons (Fsp3) is 0.583. The second-order valence-corrected chi connectivity index (χ2v) is 4.75. The molecule has 0 radical (unpaired) electrons. The highest BCUT2D eigenvalue weighted by molar-refractivity contribution is 6.16. The maximum absolute atomic E-state index is 5.78. The lowest BCUT2D eigenvalue weighted by Gasteiger charge is -2.17. The number of nitrogens with zero attached hydrogens (tertiary/aromatic N) is 2. The molecule has 1 fully saturated rings. The highest BCUT2D eigenvalue weighted by Crippen LogP contribution is 2.26. The number of rotatable bonds is 2. The van der Waals surface area contributed by atoms with Crippen molar-refractivity contribution in [2.45, 2.75) is 19.7 Å². The molecular weight excluding hydrogens is 208 g/mol. The van der Waals surface area contributed by atoms with Crippen molar-refractivity contribution in [3.63, 3.8) is 0 Å². The molecule has 2 rings (SSSR count). The number of hydrogen-bond donors (Lipinski definition) is 0. The number of pyridine rings is 1. The fourth-order valence-electron chi connectivity index (χ4n) is 2.03. The van der Waals surface area contributed by atoms with E-state index in [1.54, 1.807) is 0 Å². The molecule has 0 saturated carbocycles. The summed E-state index contributed by atoms with van der Waals surface area (Å²) in [5.41, 5.74) is 0.960. The molecule has 2 heterocycles. The van der Waals surface area contributed by atoms with Gasteiger partial charge in [-0.2, -0.15) is 0 Å². The topological polar surface area (TPSA) is 16.1 Å². The van der Waals surface area contributed by atoms with Crippen molar-refractivity contribution >= 4 is 17.4 Å². The second kappa shape index (κ2) is 4.40. The Kier molecular flexibility index (Phi) is 3.15. The molecule has 0 bridgehead atoms. The standard InChI is InChI=1S/C12H17ClN2/c1-9-7-15(8-10(9)2)12-5-3-4-11(6-13)14-12/h3-5,9-10H,6-8H2,1-2H3. The Hall–Kier alpha value is -0.760. The summed E-state index contributed by atoms with van der Waals surface area (Å²) in [5, 5.41) is 0. The van der Waals surface area contributed by atoms with E-state index < -0.39 is 0 Å². The SMILES string of the molecule is CC1CN(c2cccc(CCl)n2)CC1C. The largest absolute Gasteiger partial charge is 0.356 e. The summed E-state index contributed by atoms with van der Waals surface area (Å²) in [4.78, 5) is 6.89. The van der Waals surface area contributed by atoms with Crippen molar-refractivity contribution in [3.8, 4) is 0 Å². The van der Waals surface area contributed by atoms with Gasteiger partial charge >= 0.3 is 0 Å². The van der Waals surface area contributed by atoms with Crippen molar-refractivity contribution in [1.29, 1.82) is 0 Å². The van der Waals surface area contributed by atoms with Crippen LogP contribution in [0, 0.1) is 11.8 Å². The van der Waals surface area contributed by atoms with Crippen molar-refractivity contribution < 1.29 is 0 Å². The number of halogens is 1. The van der Waals surface area contributed by atoms with Crippen molar-refractivity contribution in [3.05, 3.63) is 23.9 Å². The zero-order valence-electron chi connectivity index (χ0n) is 9.28. The Labute approximate surface area is 96.3 Å². The third-order valence-corrected chi connectivity index (χ3v) is 3.51. The molecule has 82 valence electrons. The maximum Gasteiger partial charge on any atom is 0.128 e. The van der Waals surface area contributed by atoms with Crippen molar-refractivity contribution in [2.24, 2.45) is 11.8 Å². The predicted octanol–water partition coefficient (Wildman–Crippen LogP) is 2.91. The Morgan fingerprint density at radius 2 is 2.00 bits per heavy atom. The lowest BCUT2D eigenvalue weighted by molar-refractivity contribution is 0.494. The number of anilines is 1. The summed E-state index contributed by atoms with van der Waals surface area (Å²) in [5.74, 6) is 3.08. The Bertz CT molecular complexity index is 330. The molecule has 2 atom stereocenters. The first-order chi connectivity index (χ1) is 7.20. The van der Waals surface area contributed by atoms with Crippen LogP contribution in [0.1, 0.15) is 19.5 Å². The Morgan fingerprint density at radius 3 is 2.60 bits per heavy atom. The van der Waals surface area contributed by atoms with Gasteiger partial charge in [0, 0.05) is 13.1 Å². The van der Waals surface area contributed by atoms with Gasteiger partial charge in [0.1, 0.15) is 5.82 Å². The molecule has 0 aliphatic carbocycles. The molecule has 1 aromatic heterocycles. The van der Waals surface area contributed by atoms with E-state index in [1.165, 1.54) is 0 Å². The molecule has 15 heavy (non-hydrogen) atoms. The molecule has 2 unspecified atom stereocenters. The summed E-state index contributed by atoms with van der Waals surface area (Å²) in [6, 6.07) is 6.08. The van der Waals surface area contributed by atoms with Crippen LogP contribution in [0.4, 0.5) is 5.82 Å². The van der Waals surface area contributed by atoms with E-state index in [4.69, 9.17) is 11.6 Å². The summed E-state index contributed by atoms with van der Waals surface area (Å²) in [6.45, 7) is 6.83. The van der Waals surface area contributed by atoms with E-state index in [0.29, 0.717) is 5.88 Å². The average molecular weight is 225 g/mol. The Balaban J connectivity index is 2.16. The van der Waals surface area contributed by atoms with Gasteiger partial charge < -0.3 is 4.90 Å². The van der Waals surface area contributed by atoms with Crippen LogP contribution in [0.2, 0.25) is 0 Å². The van der Waals surface area contributed by atoms with Gasteiger partial charge in [0.05, 0.1) is 11.6 Å². The molecule has 0 N–H and O–H groups in total. The van der Waals surface area contributed by atoms with Gasteiger partial charge in [-0.1, -0.05) is 19.9 Å². The average Bonchev–Trinajstić information content (AvgIpc) is 2.59. The zero-order valence-corrected chi connectivity index (χ0v) is 10.0. The maximum atomic E-state index is 5.78. The number of alkyl halides is 1. The second-order valence-electron chi connectivity index (χ2n) is 4.48. The summed E-state index contributed by atoms with van der Waals surface area (Å²) in [6.07, 6.45) is 0. The quantitative estimate of drug-likeness (QED) is 0.719. The summed E-state index contributed by atoms with van der Waals surface area (Å²) in [7, 11) is 0. The minimum Gasteiger partial charge on any atom is -0.356 e. The van der Waals surface area contributed by atoms with Gasteiger partial charge in [0.15, 0.2) is 0 Å². The number of hydrogen-bond acceptors (Lipinski definition) is 2. The molecule has 1 aliphatic heterocycles. The first kappa shape index (κ1) is 10.7. The van der Waals surface area contributed by atoms with E-state index in [0.717, 1.165) is 36.4 Å². The molecule has 0 amide bonds. The minimum atomic E-state index is 0.493.